The van der Waals surface area contributed by atoms with Gasteiger partial charge in [-0.1, -0.05) is 31.5 Å². The summed E-state index contributed by atoms with van der Waals surface area (Å²) >= 11 is 5.97. The lowest BCUT2D eigenvalue weighted by molar-refractivity contribution is -0.129. The van der Waals surface area contributed by atoms with E-state index in [0.717, 1.165) is 4.31 Å². The number of fused-ring (bicyclic) bond motifs is 1. The number of ketones is 1. The van der Waals surface area contributed by atoms with Gasteiger partial charge in [-0.2, -0.15) is 4.31 Å². The van der Waals surface area contributed by atoms with Crippen molar-refractivity contribution < 1.29 is 32.0 Å². The first kappa shape index (κ1) is 29.6. The number of nitrogens with one attached hydrogen (secondary N) is 2. The van der Waals surface area contributed by atoms with Crippen molar-refractivity contribution in [1.82, 2.24) is 14.9 Å². The van der Waals surface area contributed by atoms with Gasteiger partial charge in [0.2, 0.25) is 15.9 Å². The molecule has 2 atom stereocenters. The van der Waals surface area contributed by atoms with Crippen LogP contribution in [0.3, 0.4) is 0 Å². The SMILES string of the molecule is COc1ccc2oc(C(=O)NC(CC(C)C)C(=O)NC3CCCN(S(=O)(=O)c4cccc(Cl)c4)CC3=O)cc2c1. The Kier molecular flexibility index (Phi) is 9.17. The van der Waals surface area contributed by atoms with Crippen LogP contribution in [0.5, 0.6) is 5.75 Å². The Bertz CT molecular complexity index is 1520. The summed E-state index contributed by atoms with van der Waals surface area (Å²) in [6, 6.07) is 10.7. The number of amides is 2. The van der Waals surface area contributed by atoms with Crippen molar-refractivity contribution in [2.24, 2.45) is 5.92 Å². The number of rotatable bonds is 9. The van der Waals surface area contributed by atoms with Gasteiger partial charge >= 0.3 is 0 Å². The Morgan fingerprint density at radius 3 is 2.65 bits per heavy atom. The number of hydrogen-bond donors (Lipinski definition) is 2. The van der Waals surface area contributed by atoms with Gasteiger partial charge < -0.3 is 19.8 Å². The number of hydrogen-bond acceptors (Lipinski definition) is 7. The quantitative estimate of drug-likeness (QED) is 0.388. The summed E-state index contributed by atoms with van der Waals surface area (Å²) in [6.07, 6.45) is 0.946. The molecule has 1 fully saturated rings. The molecule has 12 heteroatoms. The molecule has 4 rings (SSSR count). The molecule has 40 heavy (non-hydrogen) atoms. The first-order valence-electron chi connectivity index (χ1n) is 12.9. The van der Waals surface area contributed by atoms with Crippen LogP contribution in [0.1, 0.15) is 43.7 Å². The average Bonchev–Trinajstić information content (AvgIpc) is 3.25. The second-order valence-corrected chi connectivity index (χ2v) is 12.5. The Balaban J connectivity index is 1.45. The maximum Gasteiger partial charge on any atom is 0.287 e. The van der Waals surface area contributed by atoms with Gasteiger partial charge in [0.15, 0.2) is 11.5 Å². The number of halogens is 1. The van der Waals surface area contributed by atoms with Crippen LogP contribution >= 0.6 is 11.6 Å². The van der Waals surface area contributed by atoms with E-state index >= 15 is 0 Å². The first-order valence-corrected chi connectivity index (χ1v) is 14.8. The van der Waals surface area contributed by atoms with Crippen molar-refractivity contribution in [2.45, 2.75) is 50.1 Å². The number of furan rings is 1. The smallest absolute Gasteiger partial charge is 0.287 e. The lowest BCUT2D eigenvalue weighted by Crippen LogP contribution is -2.52. The number of methoxy groups -OCH3 is 1. The van der Waals surface area contributed by atoms with E-state index in [1.165, 1.54) is 18.2 Å². The molecule has 10 nitrogen and oxygen atoms in total. The molecule has 0 bridgehead atoms. The second-order valence-electron chi connectivity index (χ2n) is 10.1. The summed E-state index contributed by atoms with van der Waals surface area (Å²) in [5.74, 6) is -0.815. The molecule has 1 aliphatic rings. The lowest BCUT2D eigenvalue weighted by atomic mass is 10.0. The fraction of sp³-hybridized carbons (Fsp3) is 0.393. The minimum absolute atomic E-state index is 0.000901. The van der Waals surface area contributed by atoms with E-state index in [4.69, 9.17) is 20.8 Å². The predicted molar refractivity (Wildman–Crippen MR) is 150 cm³/mol. The zero-order valence-corrected chi connectivity index (χ0v) is 24.0. The number of carbonyl (C=O) groups is 3. The predicted octanol–water partition coefficient (Wildman–Crippen LogP) is 3.78. The Morgan fingerprint density at radius 2 is 1.95 bits per heavy atom. The van der Waals surface area contributed by atoms with E-state index < -0.39 is 39.7 Å². The van der Waals surface area contributed by atoms with Crippen LogP contribution in [-0.4, -0.2) is 62.6 Å². The molecule has 2 unspecified atom stereocenters. The standard InChI is InChI=1S/C28H32ClN3O7S/c1-17(2)12-23(31-28(35)26-14-18-13-20(38-3)9-10-25(18)39-26)27(34)30-22-8-5-11-32(16-24(22)33)40(36,37)21-7-4-6-19(29)15-21/h4,6-7,9-10,13-15,17,22-23H,5,8,11-12,16H2,1-3H3,(H,30,34)(H,31,35). The fourth-order valence-corrected chi connectivity index (χ4v) is 6.34. The number of benzene rings is 2. The van der Waals surface area contributed by atoms with Crippen molar-refractivity contribution in [3.05, 3.63) is 59.3 Å². The van der Waals surface area contributed by atoms with E-state index in [1.54, 1.807) is 37.4 Å². The van der Waals surface area contributed by atoms with Crippen LogP contribution in [0.25, 0.3) is 11.0 Å². The third-order valence-electron chi connectivity index (χ3n) is 6.65. The van der Waals surface area contributed by atoms with Crippen LogP contribution in [0.4, 0.5) is 0 Å². The van der Waals surface area contributed by atoms with Crippen LogP contribution in [0, 0.1) is 5.92 Å². The molecule has 1 aromatic heterocycles. The summed E-state index contributed by atoms with van der Waals surface area (Å²) in [7, 11) is -2.41. The maximum atomic E-state index is 13.3. The van der Waals surface area contributed by atoms with Gasteiger partial charge in [0.1, 0.15) is 17.4 Å². The van der Waals surface area contributed by atoms with Crippen LogP contribution < -0.4 is 15.4 Å². The fourth-order valence-electron chi connectivity index (χ4n) is 4.60. The van der Waals surface area contributed by atoms with Gasteiger partial charge in [0, 0.05) is 17.0 Å². The average molecular weight is 590 g/mol. The summed E-state index contributed by atoms with van der Waals surface area (Å²) in [5.41, 5.74) is 0.497. The van der Waals surface area contributed by atoms with E-state index in [0.29, 0.717) is 29.6 Å². The molecule has 2 aromatic carbocycles. The topological polar surface area (TPSA) is 135 Å². The van der Waals surface area contributed by atoms with Crippen molar-refractivity contribution in [1.29, 1.82) is 0 Å². The number of sulfonamides is 1. The highest BCUT2D eigenvalue weighted by Gasteiger charge is 2.34. The highest BCUT2D eigenvalue weighted by molar-refractivity contribution is 7.89. The monoisotopic (exact) mass is 589 g/mol. The van der Waals surface area contributed by atoms with Gasteiger partial charge in [-0.3, -0.25) is 14.4 Å². The molecular formula is C28H32ClN3O7S. The first-order chi connectivity index (χ1) is 19.0. The van der Waals surface area contributed by atoms with Crippen molar-refractivity contribution in [3.63, 3.8) is 0 Å². The Hall–Kier alpha value is -3.41. The molecule has 0 spiro atoms. The number of ether oxygens (including phenoxy) is 1. The van der Waals surface area contributed by atoms with Crippen molar-refractivity contribution in [3.8, 4) is 5.75 Å². The summed E-state index contributed by atoms with van der Waals surface area (Å²) in [4.78, 5) is 39.4. The minimum atomic E-state index is -3.95. The zero-order chi connectivity index (χ0) is 29.0. The number of Topliss-reactive ketones (excluding diaryl/α,β-unsaturated/α-hetero) is 1. The Labute approximate surface area is 238 Å². The van der Waals surface area contributed by atoms with E-state index in [2.05, 4.69) is 10.6 Å². The highest BCUT2D eigenvalue weighted by atomic mass is 35.5. The van der Waals surface area contributed by atoms with Crippen LogP contribution in [-0.2, 0) is 19.6 Å². The molecule has 1 aliphatic heterocycles. The summed E-state index contributed by atoms with van der Waals surface area (Å²) < 4.78 is 38.2. The van der Waals surface area contributed by atoms with Crippen molar-refractivity contribution >= 4 is 50.2 Å². The lowest BCUT2D eigenvalue weighted by Gasteiger charge is -2.23. The van der Waals surface area contributed by atoms with Crippen molar-refractivity contribution in [2.75, 3.05) is 20.2 Å². The molecular weight excluding hydrogens is 558 g/mol. The highest BCUT2D eigenvalue weighted by Crippen LogP contribution is 2.25. The maximum absolute atomic E-state index is 13.3. The summed E-state index contributed by atoms with van der Waals surface area (Å²) in [6.45, 7) is 3.56. The van der Waals surface area contributed by atoms with Gasteiger partial charge in [-0.25, -0.2) is 8.42 Å². The molecule has 214 valence electrons. The van der Waals surface area contributed by atoms with Crippen LogP contribution in [0.15, 0.2) is 57.8 Å². The zero-order valence-electron chi connectivity index (χ0n) is 22.5. The third kappa shape index (κ3) is 6.83. The third-order valence-corrected chi connectivity index (χ3v) is 8.72. The van der Waals surface area contributed by atoms with Gasteiger partial charge in [-0.05, 0) is 67.6 Å². The molecule has 0 radical (unpaired) electrons. The molecule has 1 saturated heterocycles. The second kappa shape index (κ2) is 12.4. The molecule has 0 saturated carbocycles. The number of nitrogens with zero attached hydrogens (tertiary/aromatic N) is 1. The van der Waals surface area contributed by atoms with E-state index in [9.17, 15) is 22.8 Å². The normalized spacial score (nSPS) is 17.4. The molecule has 2 heterocycles. The molecule has 0 aliphatic carbocycles. The molecule has 2 N–H and O–H groups in total. The minimum Gasteiger partial charge on any atom is -0.497 e. The molecule has 2 amide bonds. The van der Waals surface area contributed by atoms with Gasteiger partial charge in [-0.15, -0.1) is 0 Å². The van der Waals surface area contributed by atoms with Gasteiger partial charge in [0.25, 0.3) is 5.91 Å². The van der Waals surface area contributed by atoms with E-state index in [1.807, 2.05) is 13.8 Å². The summed E-state index contributed by atoms with van der Waals surface area (Å²) in [5, 5.41) is 6.42. The van der Waals surface area contributed by atoms with Gasteiger partial charge in [0.05, 0.1) is 24.6 Å². The molecule has 3 aromatic rings. The van der Waals surface area contributed by atoms with Crippen LogP contribution in [0.2, 0.25) is 5.02 Å². The largest absolute Gasteiger partial charge is 0.497 e. The Morgan fingerprint density at radius 1 is 1.18 bits per heavy atom. The van der Waals surface area contributed by atoms with E-state index in [-0.39, 0.29) is 41.1 Å². The number of carbonyl (C=O) groups excluding carboxylic acids is 3.